The Labute approximate surface area is 220 Å². The van der Waals surface area contributed by atoms with Crippen molar-refractivity contribution in [3.05, 3.63) is 59.2 Å². The molecule has 2 aromatic rings. The van der Waals surface area contributed by atoms with Gasteiger partial charge in [-0.3, -0.25) is 0 Å². The van der Waals surface area contributed by atoms with Gasteiger partial charge in [0, 0.05) is 25.9 Å². The second-order valence-corrected chi connectivity index (χ2v) is 9.00. The molecule has 2 heterocycles. The van der Waals surface area contributed by atoms with Crippen LogP contribution < -0.4 is 16.0 Å². The Balaban J connectivity index is 0.000000295. The first-order chi connectivity index (χ1) is 17.7. The fourth-order valence-corrected chi connectivity index (χ4v) is 3.92. The third-order valence-electron chi connectivity index (χ3n) is 5.81. The summed E-state index contributed by atoms with van der Waals surface area (Å²) in [5.74, 6) is -2.56. The standard InChI is InChI=1S/C16H14F2.C4H9NO.C4H9N.C3H7NO2.C2H6/c1-11-2-4-12(5-3-11)13-6-7-14-9-16(17,18)10-15(14)8-13;6-4-1-2-5-3-4;1-2-4-5-3-1;1-2-4-3(5)6;1-2/h2-8H,9-10H2,1H3;4-6H,1-3H2;5H,1-4H2;4H,2H2,1H3,(H,5,6);1-2H3. The van der Waals surface area contributed by atoms with E-state index in [1.54, 1.807) is 6.92 Å². The van der Waals surface area contributed by atoms with Crippen LogP contribution >= 0.6 is 0 Å². The van der Waals surface area contributed by atoms with E-state index in [9.17, 15) is 13.6 Å². The average Bonchev–Trinajstić information content (AvgIpc) is 3.64. The van der Waals surface area contributed by atoms with Crippen molar-refractivity contribution in [2.45, 2.75) is 71.8 Å². The minimum atomic E-state index is -2.56. The summed E-state index contributed by atoms with van der Waals surface area (Å²) in [5.41, 5.74) is 4.88. The molecule has 5 rings (SSSR count). The largest absolute Gasteiger partial charge is 0.465 e. The first-order valence-corrected chi connectivity index (χ1v) is 13.3. The molecule has 208 valence electrons. The molecule has 1 aliphatic carbocycles. The first kappa shape index (κ1) is 32.5. The van der Waals surface area contributed by atoms with Crippen LogP contribution in [-0.2, 0) is 12.8 Å². The molecule has 2 saturated heterocycles. The number of aryl methyl sites for hydroxylation is 1. The fourth-order valence-electron chi connectivity index (χ4n) is 3.92. The van der Waals surface area contributed by atoms with E-state index in [1.165, 1.54) is 31.5 Å². The lowest BCUT2D eigenvalue weighted by Crippen LogP contribution is -2.19. The Kier molecular flexibility index (Phi) is 15.6. The summed E-state index contributed by atoms with van der Waals surface area (Å²) in [7, 11) is 0. The van der Waals surface area contributed by atoms with E-state index in [2.05, 4.69) is 16.0 Å². The van der Waals surface area contributed by atoms with Crippen LogP contribution in [0.3, 0.4) is 0 Å². The molecule has 3 aliphatic rings. The molecule has 0 bridgehead atoms. The Morgan fingerprint density at radius 3 is 1.97 bits per heavy atom. The third-order valence-corrected chi connectivity index (χ3v) is 5.81. The van der Waals surface area contributed by atoms with Gasteiger partial charge in [0.15, 0.2) is 0 Å². The summed E-state index contributed by atoms with van der Waals surface area (Å²) >= 11 is 0. The third kappa shape index (κ3) is 13.5. The number of aliphatic hydroxyl groups excluding tert-OH is 1. The van der Waals surface area contributed by atoms with Crippen molar-refractivity contribution in [1.29, 1.82) is 0 Å². The normalized spacial score (nSPS) is 18.3. The molecule has 5 N–H and O–H groups in total. The van der Waals surface area contributed by atoms with E-state index < -0.39 is 12.0 Å². The van der Waals surface area contributed by atoms with Crippen LogP contribution in [0.5, 0.6) is 0 Å². The molecule has 0 spiro atoms. The van der Waals surface area contributed by atoms with Gasteiger partial charge in [-0.2, -0.15) is 0 Å². The van der Waals surface area contributed by atoms with Gasteiger partial charge >= 0.3 is 6.09 Å². The van der Waals surface area contributed by atoms with Gasteiger partial charge in [0.2, 0.25) is 0 Å². The van der Waals surface area contributed by atoms with Gasteiger partial charge in [0.05, 0.1) is 6.10 Å². The molecule has 37 heavy (non-hydrogen) atoms. The zero-order valence-electron chi connectivity index (χ0n) is 22.7. The second-order valence-electron chi connectivity index (χ2n) is 9.00. The molecule has 1 atom stereocenters. The number of fused-ring (bicyclic) bond motifs is 1. The number of nitrogens with one attached hydrogen (secondary N) is 3. The first-order valence-electron chi connectivity index (χ1n) is 13.3. The minimum absolute atomic E-state index is 0.0648. The van der Waals surface area contributed by atoms with Crippen molar-refractivity contribution >= 4 is 6.09 Å². The molecule has 1 amide bonds. The molecule has 2 aromatic carbocycles. The number of carbonyl (C=O) groups is 1. The predicted molar refractivity (Wildman–Crippen MR) is 148 cm³/mol. The maximum Gasteiger partial charge on any atom is 0.404 e. The number of hydrogen-bond donors (Lipinski definition) is 5. The molecule has 1 unspecified atom stereocenters. The lowest BCUT2D eigenvalue weighted by Gasteiger charge is -2.05. The molecule has 0 aromatic heterocycles. The van der Waals surface area contributed by atoms with E-state index in [0.717, 1.165) is 41.8 Å². The minimum Gasteiger partial charge on any atom is -0.465 e. The Morgan fingerprint density at radius 2 is 1.57 bits per heavy atom. The van der Waals surface area contributed by atoms with Gasteiger partial charge in [0.25, 0.3) is 5.92 Å². The zero-order chi connectivity index (χ0) is 27.7. The Morgan fingerprint density at radius 1 is 0.973 bits per heavy atom. The number of amides is 1. The molecule has 8 heteroatoms. The summed E-state index contributed by atoms with van der Waals surface area (Å²) in [4.78, 5) is 9.49. The van der Waals surface area contributed by atoms with Crippen molar-refractivity contribution in [2.75, 3.05) is 32.7 Å². The number of carboxylic acid groups (broad SMARTS) is 1. The van der Waals surface area contributed by atoms with Crippen molar-refractivity contribution in [1.82, 2.24) is 16.0 Å². The van der Waals surface area contributed by atoms with Gasteiger partial charge in [-0.1, -0.05) is 61.9 Å². The highest BCUT2D eigenvalue weighted by Crippen LogP contribution is 2.36. The molecule has 0 radical (unpaired) electrons. The fraction of sp³-hybridized carbons (Fsp3) is 0.552. The molecular weight excluding hydrogens is 476 g/mol. The maximum atomic E-state index is 13.3. The highest BCUT2D eigenvalue weighted by Gasteiger charge is 2.37. The quantitative estimate of drug-likeness (QED) is 0.365. The van der Waals surface area contributed by atoms with Crippen LogP contribution in [0.15, 0.2) is 42.5 Å². The summed E-state index contributed by atoms with van der Waals surface area (Å²) < 4.78 is 26.6. The number of β-amino-alcohol motifs (C(OH)–C–C–N with tert-alkyl or cyclic N) is 1. The van der Waals surface area contributed by atoms with Crippen molar-refractivity contribution in [3.63, 3.8) is 0 Å². The summed E-state index contributed by atoms with van der Waals surface area (Å²) in [6, 6.07) is 13.8. The van der Waals surface area contributed by atoms with E-state index >= 15 is 0 Å². The molecule has 6 nitrogen and oxygen atoms in total. The predicted octanol–water partition coefficient (Wildman–Crippen LogP) is 5.41. The average molecular weight is 522 g/mol. The highest BCUT2D eigenvalue weighted by atomic mass is 19.3. The zero-order valence-corrected chi connectivity index (χ0v) is 22.7. The van der Waals surface area contributed by atoms with Crippen LogP contribution in [0.25, 0.3) is 11.1 Å². The Bertz CT molecular complexity index is 890. The van der Waals surface area contributed by atoms with Gasteiger partial charge in [0.1, 0.15) is 0 Å². The van der Waals surface area contributed by atoms with Crippen molar-refractivity contribution < 1.29 is 23.8 Å². The second kappa shape index (κ2) is 17.8. The lowest BCUT2D eigenvalue weighted by atomic mass is 10.00. The number of aliphatic hydroxyl groups is 1. The highest BCUT2D eigenvalue weighted by molar-refractivity contribution is 5.66. The summed E-state index contributed by atoms with van der Waals surface area (Å²) in [5, 5.41) is 24.8. The van der Waals surface area contributed by atoms with Crippen LogP contribution in [0.4, 0.5) is 13.6 Å². The van der Waals surface area contributed by atoms with E-state index in [1.807, 2.05) is 63.2 Å². The Hall–Kier alpha value is -2.55. The number of halogens is 2. The maximum absolute atomic E-state index is 13.3. The smallest absolute Gasteiger partial charge is 0.404 e. The monoisotopic (exact) mass is 521 g/mol. The van der Waals surface area contributed by atoms with E-state index in [0.29, 0.717) is 6.54 Å². The lowest BCUT2D eigenvalue weighted by molar-refractivity contribution is 0.0130. The number of rotatable bonds is 2. The number of hydrogen-bond acceptors (Lipinski definition) is 4. The van der Waals surface area contributed by atoms with Crippen LogP contribution in [0.1, 0.15) is 56.7 Å². The van der Waals surface area contributed by atoms with Gasteiger partial charge in [-0.25, -0.2) is 13.6 Å². The van der Waals surface area contributed by atoms with Crippen LogP contribution in [0.2, 0.25) is 0 Å². The van der Waals surface area contributed by atoms with Crippen LogP contribution in [0, 0.1) is 6.92 Å². The van der Waals surface area contributed by atoms with Gasteiger partial charge < -0.3 is 26.2 Å². The summed E-state index contributed by atoms with van der Waals surface area (Å²) in [6.45, 7) is 12.5. The number of benzene rings is 2. The van der Waals surface area contributed by atoms with Crippen molar-refractivity contribution in [2.24, 2.45) is 0 Å². The molecule has 2 fully saturated rings. The molecule has 0 saturated carbocycles. The van der Waals surface area contributed by atoms with Crippen LogP contribution in [-0.4, -0.2) is 61.1 Å². The SMILES string of the molecule is C1CCNC1.CC.CCNC(=O)O.Cc1ccc(-c2ccc3c(c2)CC(F)(F)C3)cc1.OC1CCNC1. The topological polar surface area (TPSA) is 93.6 Å². The van der Waals surface area contributed by atoms with Gasteiger partial charge in [-0.05, 0) is 75.0 Å². The van der Waals surface area contributed by atoms with E-state index in [4.69, 9.17) is 10.2 Å². The molecule has 2 aliphatic heterocycles. The van der Waals surface area contributed by atoms with E-state index in [-0.39, 0.29) is 18.9 Å². The molecular formula is C29H45F2N3O3. The summed E-state index contributed by atoms with van der Waals surface area (Å²) in [6.07, 6.45) is 2.45. The van der Waals surface area contributed by atoms with Gasteiger partial charge in [-0.15, -0.1) is 0 Å². The number of alkyl halides is 2. The van der Waals surface area contributed by atoms with Crippen molar-refractivity contribution in [3.8, 4) is 11.1 Å².